The number of sulfonamides is 1. The third kappa shape index (κ3) is 3.19. The Morgan fingerprint density at radius 1 is 1.18 bits per heavy atom. The van der Waals surface area contributed by atoms with Crippen LogP contribution in [-0.4, -0.2) is 35.8 Å². The van der Waals surface area contributed by atoms with Gasteiger partial charge in [-0.3, -0.25) is 4.79 Å². The minimum Gasteiger partial charge on any atom is -0.306 e. The van der Waals surface area contributed by atoms with Crippen LogP contribution in [0.1, 0.15) is 37.1 Å². The summed E-state index contributed by atoms with van der Waals surface area (Å²) in [6.07, 6.45) is 4.18. The van der Waals surface area contributed by atoms with E-state index in [0.29, 0.717) is 29.9 Å². The Bertz CT molecular complexity index is 1190. The van der Waals surface area contributed by atoms with E-state index in [1.54, 1.807) is 35.6 Å². The van der Waals surface area contributed by atoms with Crippen molar-refractivity contribution in [2.24, 2.45) is 0 Å². The Labute approximate surface area is 168 Å². The van der Waals surface area contributed by atoms with Crippen molar-refractivity contribution in [1.82, 2.24) is 14.3 Å². The van der Waals surface area contributed by atoms with E-state index in [-0.39, 0.29) is 10.5 Å². The summed E-state index contributed by atoms with van der Waals surface area (Å²) in [6.45, 7) is 4.45. The van der Waals surface area contributed by atoms with Crippen molar-refractivity contribution in [3.63, 3.8) is 0 Å². The Kier molecular flexibility index (Phi) is 5.11. The first-order chi connectivity index (χ1) is 13.5. The Balaban J connectivity index is 1.82. The SMILES string of the molecule is CCN(CC)S(=O)(=O)c1cccc(-c2nc3sc4c(c3c(=O)[nH]2)CCCC4)c1. The molecule has 4 rings (SSSR count). The quantitative estimate of drug-likeness (QED) is 0.688. The third-order valence-corrected chi connectivity index (χ3v) is 8.51. The molecule has 0 radical (unpaired) electrons. The van der Waals surface area contributed by atoms with Crippen molar-refractivity contribution >= 4 is 31.6 Å². The molecule has 0 saturated carbocycles. The van der Waals surface area contributed by atoms with E-state index >= 15 is 0 Å². The molecule has 0 bridgehead atoms. The molecule has 8 heteroatoms. The maximum Gasteiger partial charge on any atom is 0.260 e. The Hall–Kier alpha value is -2.03. The molecule has 2 aromatic heterocycles. The molecule has 1 aliphatic rings. The lowest BCUT2D eigenvalue weighted by Crippen LogP contribution is -2.30. The van der Waals surface area contributed by atoms with Crippen LogP contribution in [0.5, 0.6) is 0 Å². The fourth-order valence-electron chi connectivity index (χ4n) is 3.82. The number of rotatable bonds is 5. The molecule has 1 N–H and O–H groups in total. The molecule has 0 amide bonds. The van der Waals surface area contributed by atoms with Crippen LogP contribution in [0.4, 0.5) is 0 Å². The topological polar surface area (TPSA) is 83.1 Å². The van der Waals surface area contributed by atoms with E-state index < -0.39 is 10.0 Å². The number of aryl methyl sites for hydroxylation is 2. The number of hydrogen-bond donors (Lipinski definition) is 1. The molecule has 148 valence electrons. The van der Waals surface area contributed by atoms with Crippen molar-refractivity contribution in [2.75, 3.05) is 13.1 Å². The molecule has 0 aliphatic heterocycles. The van der Waals surface area contributed by atoms with Crippen molar-refractivity contribution in [3.05, 3.63) is 45.1 Å². The van der Waals surface area contributed by atoms with Gasteiger partial charge < -0.3 is 4.98 Å². The summed E-state index contributed by atoms with van der Waals surface area (Å²) in [5.41, 5.74) is 1.60. The number of aromatic nitrogens is 2. The van der Waals surface area contributed by atoms with Gasteiger partial charge in [0.05, 0.1) is 10.3 Å². The standard InChI is InChI=1S/C20H23N3O3S2/c1-3-23(4-2)28(25,26)14-9-7-8-13(12-14)18-21-19(24)17-15-10-5-6-11-16(15)27-20(17)22-18/h7-9,12H,3-6,10-11H2,1-2H3,(H,21,22,24). The second-order valence-corrected chi connectivity index (χ2v) is 9.94. The highest BCUT2D eigenvalue weighted by atomic mass is 32.2. The minimum atomic E-state index is -3.57. The highest BCUT2D eigenvalue weighted by molar-refractivity contribution is 7.89. The van der Waals surface area contributed by atoms with E-state index in [4.69, 9.17) is 0 Å². The van der Waals surface area contributed by atoms with Gasteiger partial charge in [0.1, 0.15) is 10.7 Å². The summed E-state index contributed by atoms with van der Waals surface area (Å²) in [5, 5.41) is 0.704. The molecule has 1 aromatic carbocycles. The van der Waals surface area contributed by atoms with Gasteiger partial charge in [0.15, 0.2) is 0 Å². The predicted molar refractivity (Wildman–Crippen MR) is 112 cm³/mol. The number of nitrogens with one attached hydrogen (secondary N) is 1. The zero-order valence-corrected chi connectivity index (χ0v) is 17.6. The maximum atomic E-state index is 12.8. The molecule has 0 atom stereocenters. The zero-order valence-electron chi connectivity index (χ0n) is 16.0. The van der Waals surface area contributed by atoms with Crippen LogP contribution in [0.15, 0.2) is 34.0 Å². The molecule has 0 fully saturated rings. The van der Waals surface area contributed by atoms with Gasteiger partial charge in [-0.05, 0) is 43.4 Å². The Morgan fingerprint density at radius 3 is 2.68 bits per heavy atom. The molecule has 3 aromatic rings. The summed E-state index contributed by atoms with van der Waals surface area (Å²) in [4.78, 5) is 22.5. The Morgan fingerprint density at radius 2 is 1.93 bits per heavy atom. The van der Waals surface area contributed by atoms with Crippen molar-refractivity contribution in [2.45, 2.75) is 44.4 Å². The summed E-state index contributed by atoms with van der Waals surface area (Å²) >= 11 is 1.59. The molecule has 0 spiro atoms. The van der Waals surface area contributed by atoms with E-state index in [2.05, 4.69) is 9.97 Å². The molecule has 0 unspecified atom stereocenters. The van der Waals surface area contributed by atoms with Crippen LogP contribution in [0, 0.1) is 0 Å². The minimum absolute atomic E-state index is 0.142. The normalized spacial score (nSPS) is 14.5. The monoisotopic (exact) mass is 417 g/mol. The second kappa shape index (κ2) is 7.42. The first-order valence-electron chi connectivity index (χ1n) is 9.60. The van der Waals surface area contributed by atoms with E-state index in [9.17, 15) is 13.2 Å². The van der Waals surface area contributed by atoms with Crippen molar-refractivity contribution in [3.8, 4) is 11.4 Å². The fraction of sp³-hybridized carbons (Fsp3) is 0.400. The van der Waals surface area contributed by atoms with Gasteiger partial charge in [-0.1, -0.05) is 26.0 Å². The highest BCUT2D eigenvalue weighted by Crippen LogP contribution is 2.34. The van der Waals surface area contributed by atoms with Crippen LogP contribution >= 0.6 is 11.3 Å². The van der Waals surface area contributed by atoms with E-state index in [0.717, 1.165) is 36.1 Å². The van der Waals surface area contributed by atoms with Gasteiger partial charge in [-0.25, -0.2) is 13.4 Å². The number of hydrogen-bond acceptors (Lipinski definition) is 5. The summed E-state index contributed by atoms with van der Waals surface area (Å²) in [6, 6.07) is 6.64. The number of thiophene rings is 1. The van der Waals surface area contributed by atoms with E-state index in [1.165, 1.54) is 9.18 Å². The highest BCUT2D eigenvalue weighted by Gasteiger charge is 2.23. The lowest BCUT2D eigenvalue weighted by molar-refractivity contribution is 0.445. The lowest BCUT2D eigenvalue weighted by atomic mass is 9.97. The molecular formula is C20H23N3O3S2. The van der Waals surface area contributed by atoms with Gasteiger partial charge in [-0.2, -0.15) is 4.31 Å². The number of fused-ring (bicyclic) bond motifs is 3. The lowest BCUT2D eigenvalue weighted by Gasteiger charge is -2.18. The van der Waals surface area contributed by atoms with Gasteiger partial charge in [0, 0.05) is 23.5 Å². The first-order valence-corrected chi connectivity index (χ1v) is 11.9. The number of aromatic amines is 1. The summed E-state index contributed by atoms with van der Waals surface area (Å²) in [7, 11) is -3.57. The van der Waals surface area contributed by atoms with E-state index in [1.807, 2.05) is 13.8 Å². The molecule has 28 heavy (non-hydrogen) atoms. The first kappa shape index (κ1) is 19.3. The number of benzene rings is 1. The smallest absolute Gasteiger partial charge is 0.260 e. The fourth-order valence-corrected chi connectivity index (χ4v) is 6.58. The van der Waals surface area contributed by atoms with Crippen LogP contribution in [0.25, 0.3) is 21.6 Å². The summed E-state index contributed by atoms with van der Waals surface area (Å²) in [5.74, 6) is 0.410. The molecular weight excluding hydrogens is 394 g/mol. The van der Waals surface area contributed by atoms with Gasteiger partial charge >= 0.3 is 0 Å². The molecule has 1 aliphatic carbocycles. The molecule has 2 heterocycles. The number of nitrogens with zero attached hydrogens (tertiary/aromatic N) is 2. The largest absolute Gasteiger partial charge is 0.306 e. The average molecular weight is 418 g/mol. The maximum absolute atomic E-state index is 12.8. The van der Waals surface area contributed by atoms with Crippen LogP contribution in [0.3, 0.4) is 0 Å². The van der Waals surface area contributed by atoms with Gasteiger partial charge in [0.2, 0.25) is 10.0 Å². The molecule has 0 saturated heterocycles. The third-order valence-electron chi connectivity index (χ3n) is 5.28. The van der Waals surface area contributed by atoms with Gasteiger partial charge in [-0.15, -0.1) is 11.3 Å². The van der Waals surface area contributed by atoms with Crippen LogP contribution in [0.2, 0.25) is 0 Å². The second-order valence-electron chi connectivity index (χ2n) is 6.92. The zero-order chi connectivity index (χ0) is 19.9. The summed E-state index contributed by atoms with van der Waals surface area (Å²) < 4.78 is 27.1. The molecule has 6 nitrogen and oxygen atoms in total. The van der Waals surface area contributed by atoms with Gasteiger partial charge in [0.25, 0.3) is 5.56 Å². The predicted octanol–water partition coefficient (Wildman–Crippen LogP) is 3.56. The average Bonchev–Trinajstić information content (AvgIpc) is 3.07. The van der Waals surface area contributed by atoms with Crippen LogP contribution in [-0.2, 0) is 22.9 Å². The van der Waals surface area contributed by atoms with Crippen molar-refractivity contribution < 1.29 is 8.42 Å². The number of H-pyrrole nitrogens is 1. The van der Waals surface area contributed by atoms with Crippen molar-refractivity contribution in [1.29, 1.82) is 0 Å². The van der Waals surface area contributed by atoms with Crippen LogP contribution < -0.4 is 5.56 Å².